The van der Waals surface area contributed by atoms with Gasteiger partial charge in [-0.2, -0.15) is 0 Å². The minimum absolute atomic E-state index is 0.0558. The topological polar surface area (TPSA) is 71.5 Å². The fourth-order valence-corrected chi connectivity index (χ4v) is 2.32. The second kappa shape index (κ2) is 4.85. The predicted molar refractivity (Wildman–Crippen MR) is 65.5 cm³/mol. The minimum Gasteiger partial charge on any atom is -0.312 e. The average Bonchev–Trinajstić information content (AvgIpc) is 2.23. The van der Waals surface area contributed by atoms with Crippen molar-refractivity contribution in [2.24, 2.45) is 0 Å². The molecule has 0 saturated heterocycles. The van der Waals surface area contributed by atoms with Gasteiger partial charge >= 0.3 is 0 Å². The van der Waals surface area contributed by atoms with Crippen LogP contribution in [0.4, 0.5) is 0 Å². The first-order valence-electron chi connectivity index (χ1n) is 4.79. The summed E-state index contributed by atoms with van der Waals surface area (Å²) >= 11 is 7.01. The Morgan fingerprint density at radius 2 is 1.94 bits per heavy atom. The van der Waals surface area contributed by atoms with Crippen molar-refractivity contribution in [1.29, 1.82) is 0 Å². The van der Waals surface area contributed by atoms with Gasteiger partial charge in [0.1, 0.15) is 10.0 Å². The number of H-pyrrole nitrogens is 1. The smallest absolute Gasteiger partial charge is 0.270 e. The van der Waals surface area contributed by atoms with Crippen LogP contribution < -0.4 is 5.56 Å². The molecule has 0 spiro atoms. The largest absolute Gasteiger partial charge is 0.312 e. The Morgan fingerprint density at radius 3 is 2.59 bits per heavy atom. The Morgan fingerprint density at radius 1 is 1.29 bits per heavy atom. The molecule has 2 heterocycles. The highest BCUT2D eigenvalue weighted by molar-refractivity contribution is 7.99. The number of aromatic amines is 1. The minimum atomic E-state index is -0.367. The van der Waals surface area contributed by atoms with E-state index in [1.54, 1.807) is 0 Å². The second-order valence-corrected chi connectivity index (χ2v) is 4.72. The van der Waals surface area contributed by atoms with E-state index in [1.807, 2.05) is 19.9 Å². The number of aromatic nitrogens is 4. The SMILES string of the molecule is Cc1cc(C)nc(Sc2nc[nH]c(=O)c2Cl)n1. The highest BCUT2D eigenvalue weighted by Gasteiger charge is 2.10. The van der Waals surface area contributed by atoms with Crippen LogP contribution in [0.5, 0.6) is 0 Å². The Labute approximate surface area is 107 Å². The molecule has 0 unspecified atom stereocenters. The summed E-state index contributed by atoms with van der Waals surface area (Å²) in [6.07, 6.45) is 1.30. The third-order valence-electron chi connectivity index (χ3n) is 1.91. The maximum atomic E-state index is 11.3. The molecule has 7 heteroatoms. The lowest BCUT2D eigenvalue weighted by Gasteiger charge is -2.02. The summed E-state index contributed by atoms with van der Waals surface area (Å²) in [4.78, 5) is 26.1. The summed E-state index contributed by atoms with van der Waals surface area (Å²) in [6.45, 7) is 3.76. The fraction of sp³-hybridized carbons (Fsp3) is 0.200. The molecule has 5 nitrogen and oxygen atoms in total. The molecule has 88 valence electrons. The monoisotopic (exact) mass is 268 g/mol. The molecule has 0 aliphatic rings. The summed E-state index contributed by atoms with van der Waals surface area (Å²) in [5.41, 5.74) is 1.36. The summed E-state index contributed by atoms with van der Waals surface area (Å²) in [7, 11) is 0. The number of halogens is 1. The number of nitrogens with one attached hydrogen (secondary N) is 1. The average molecular weight is 269 g/mol. The zero-order valence-corrected chi connectivity index (χ0v) is 10.8. The van der Waals surface area contributed by atoms with Crippen molar-refractivity contribution >= 4 is 23.4 Å². The van der Waals surface area contributed by atoms with Crippen molar-refractivity contribution in [3.63, 3.8) is 0 Å². The van der Waals surface area contributed by atoms with Gasteiger partial charge in [-0.25, -0.2) is 15.0 Å². The Bertz CT molecular complexity index is 593. The van der Waals surface area contributed by atoms with Crippen LogP contribution in [-0.4, -0.2) is 19.9 Å². The molecule has 0 amide bonds. The van der Waals surface area contributed by atoms with Gasteiger partial charge < -0.3 is 4.98 Å². The molecule has 2 aromatic heterocycles. The predicted octanol–water partition coefficient (Wildman–Crippen LogP) is 1.98. The van der Waals surface area contributed by atoms with Crippen molar-refractivity contribution < 1.29 is 0 Å². The molecular weight excluding hydrogens is 260 g/mol. The van der Waals surface area contributed by atoms with Crippen LogP contribution in [-0.2, 0) is 0 Å². The lowest BCUT2D eigenvalue weighted by Crippen LogP contribution is -2.07. The lowest BCUT2D eigenvalue weighted by molar-refractivity contribution is 0.896. The Balaban J connectivity index is 2.38. The highest BCUT2D eigenvalue weighted by atomic mass is 35.5. The van der Waals surface area contributed by atoms with Crippen molar-refractivity contribution in [3.05, 3.63) is 39.2 Å². The molecule has 0 fully saturated rings. The van der Waals surface area contributed by atoms with Crippen LogP contribution in [0.1, 0.15) is 11.4 Å². The Kier molecular flexibility index (Phi) is 3.44. The molecule has 2 aromatic rings. The normalized spacial score (nSPS) is 10.5. The van der Waals surface area contributed by atoms with Crippen LogP contribution in [0, 0.1) is 13.8 Å². The van der Waals surface area contributed by atoms with Crippen LogP contribution in [0.15, 0.2) is 27.4 Å². The lowest BCUT2D eigenvalue weighted by atomic mass is 10.4. The van der Waals surface area contributed by atoms with E-state index in [0.717, 1.165) is 11.4 Å². The third-order valence-corrected chi connectivity index (χ3v) is 3.25. The highest BCUT2D eigenvalue weighted by Crippen LogP contribution is 2.26. The van der Waals surface area contributed by atoms with E-state index in [1.165, 1.54) is 18.1 Å². The fourth-order valence-electron chi connectivity index (χ4n) is 1.26. The number of nitrogens with zero attached hydrogens (tertiary/aromatic N) is 3. The quantitative estimate of drug-likeness (QED) is 0.666. The van der Waals surface area contributed by atoms with Gasteiger partial charge in [-0.1, -0.05) is 11.6 Å². The van der Waals surface area contributed by atoms with Gasteiger partial charge in [-0.05, 0) is 31.7 Å². The summed E-state index contributed by atoms with van der Waals surface area (Å²) in [5, 5.41) is 0.989. The molecule has 1 N–H and O–H groups in total. The molecule has 0 aliphatic heterocycles. The number of aryl methyl sites for hydroxylation is 2. The van der Waals surface area contributed by atoms with Gasteiger partial charge in [-0.3, -0.25) is 4.79 Å². The number of hydrogen-bond acceptors (Lipinski definition) is 5. The Hall–Kier alpha value is -1.40. The molecular formula is C10H9ClN4OS. The molecule has 0 atom stereocenters. The first-order valence-corrected chi connectivity index (χ1v) is 5.99. The summed E-state index contributed by atoms with van der Waals surface area (Å²) in [6, 6.07) is 1.87. The summed E-state index contributed by atoms with van der Waals surface area (Å²) < 4.78 is 0. The summed E-state index contributed by atoms with van der Waals surface area (Å²) in [5.74, 6) is 0. The van der Waals surface area contributed by atoms with Gasteiger partial charge in [0.25, 0.3) is 5.56 Å². The van der Waals surface area contributed by atoms with Crippen LogP contribution in [0.2, 0.25) is 5.02 Å². The maximum absolute atomic E-state index is 11.3. The van der Waals surface area contributed by atoms with E-state index in [9.17, 15) is 4.79 Å². The zero-order chi connectivity index (χ0) is 12.4. The van der Waals surface area contributed by atoms with Gasteiger partial charge in [0.15, 0.2) is 5.16 Å². The van der Waals surface area contributed by atoms with Gasteiger partial charge in [0.2, 0.25) is 0 Å². The van der Waals surface area contributed by atoms with E-state index in [-0.39, 0.29) is 10.6 Å². The van der Waals surface area contributed by atoms with Crippen LogP contribution >= 0.6 is 23.4 Å². The zero-order valence-electron chi connectivity index (χ0n) is 9.19. The first-order chi connectivity index (χ1) is 8.06. The number of hydrogen-bond donors (Lipinski definition) is 1. The van der Waals surface area contributed by atoms with Gasteiger partial charge in [0, 0.05) is 11.4 Å². The molecule has 2 rings (SSSR count). The molecule has 0 aliphatic carbocycles. The van der Waals surface area contributed by atoms with E-state index in [2.05, 4.69) is 19.9 Å². The first kappa shape index (κ1) is 12.1. The van der Waals surface area contributed by atoms with Crippen molar-refractivity contribution in [2.75, 3.05) is 0 Å². The second-order valence-electron chi connectivity index (χ2n) is 3.39. The van der Waals surface area contributed by atoms with E-state index in [0.29, 0.717) is 10.2 Å². The molecule has 0 aromatic carbocycles. The van der Waals surface area contributed by atoms with Crippen molar-refractivity contribution in [2.45, 2.75) is 24.0 Å². The van der Waals surface area contributed by atoms with Crippen molar-refractivity contribution in [1.82, 2.24) is 19.9 Å². The standard InChI is InChI=1S/C10H9ClN4OS/c1-5-3-6(2)15-10(14-5)17-9-7(11)8(16)12-4-13-9/h3-4H,1-2H3,(H,12,13,16). The van der Waals surface area contributed by atoms with E-state index >= 15 is 0 Å². The molecule has 0 saturated carbocycles. The number of rotatable bonds is 2. The van der Waals surface area contributed by atoms with E-state index < -0.39 is 0 Å². The van der Waals surface area contributed by atoms with E-state index in [4.69, 9.17) is 11.6 Å². The van der Waals surface area contributed by atoms with Gasteiger partial charge in [-0.15, -0.1) is 0 Å². The van der Waals surface area contributed by atoms with Crippen molar-refractivity contribution in [3.8, 4) is 0 Å². The molecule has 0 bridgehead atoms. The van der Waals surface area contributed by atoms with Crippen LogP contribution in [0.3, 0.4) is 0 Å². The third kappa shape index (κ3) is 2.83. The van der Waals surface area contributed by atoms with Gasteiger partial charge in [0.05, 0.1) is 6.33 Å². The molecule has 0 radical (unpaired) electrons. The maximum Gasteiger partial charge on any atom is 0.270 e. The van der Waals surface area contributed by atoms with Crippen LogP contribution in [0.25, 0.3) is 0 Å². The molecule has 17 heavy (non-hydrogen) atoms.